The highest BCUT2D eigenvalue weighted by atomic mass is 32.1. The molecule has 1 nitrogen and oxygen atoms in total. The average molecular weight is 260 g/mol. The van der Waals surface area contributed by atoms with Crippen molar-refractivity contribution < 1.29 is 0 Å². The van der Waals surface area contributed by atoms with E-state index >= 15 is 0 Å². The van der Waals surface area contributed by atoms with E-state index in [1.54, 1.807) is 0 Å². The van der Waals surface area contributed by atoms with Crippen LogP contribution in [0.2, 0.25) is 0 Å². The molecule has 0 aliphatic heterocycles. The van der Waals surface area contributed by atoms with E-state index in [-0.39, 0.29) is 0 Å². The van der Waals surface area contributed by atoms with Crippen LogP contribution in [0.25, 0.3) is 0 Å². The number of rotatable bonds is 8. The molecule has 1 unspecified atom stereocenters. The number of hydrogen-bond donors (Lipinski definition) is 1. The first-order valence-corrected chi connectivity index (χ1v) is 7.81. The number of nitrogens with zero attached hydrogens (tertiary/aromatic N) is 1. The van der Waals surface area contributed by atoms with E-state index in [4.69, 9.17) is 0 Å². The van der Waals surface area contributed by atoms with Gasteiger partial charge >= 0.3 is 0 Å². The molecule has 1 atom stereocenters. The maximum Gasteiger partial charge on any atom is 0.00387 e. The van der Waals surface area contributed by atoms with E-state index < -0.39 is 0 Å². The van der Waals surface area contributed by atoms with Gasteiger partial charge in [0.2, 0.25) is 0 Å². The fraction of sp³-hybridized carbons (Fsp3) is 1.00. The molecule has 0 amide bonds. The Morgan fingerprint density at radius 3 is 2.06 bits per heavy atom. The third kappa shape index (κ3) is 7.35. The van der Waals surface area contributed by atoms with Crippen LogP contribution in [0.5, 0.6) is 0 Å². The summed E-state index contributed by atoms with van der Waals surface area (Å²) in [5.74, 6) is 1.66. The van der Waals surface area contributed by atoms with Gasteiger partial charge in [-0.2, -0.15) is 12.6 Å². The topological polar surface area (TPSA) is 3.24 Å². The fourth-order valence-corrected chi connectivity index (χ4v) is 2.68. The monoisotopic (exact) mass is 259 g/mol. The lowest BCUT2D eigenvalue weighted by molar-refractivity contribution is 0.136. The zero-order valence-electron chi connectivity index (χ0n) is 12.8. The van der Waals surface area contributed by atoms with Gasteiger partial charge in [0.25, 0.3) is 0 Å². The molecule has 0 bridgehead atoms. The Hall–Kier alpha value is 0.310. The fourth-order valence-electron chi connectivity index (χ4n) is 2.01. The molecule has 0 fully saturated rings. The summed E-state index contributed by atoms with van der Waals surface area (Å²) in [6.45, 7) is 16.3. The largest absolute Gasteiger partial charge is 0.301 e. The summed E-state index contributed by atoms with van der Waals surface area (Å²) in [6, 6.07) is 0.650. The maximum atomic E-state index is 4.53. The van der Waals surface area contributed by atoms with Gasteiger partial charge in [0, 0.05) is 12.6 Å². The summed E-state index contributed by atoms with van der Waals surface area (Å²) < 4.78 is 0. The molecule has 0 rings (SSSR count). The Balaban J connectivity index is 4.31. The van der Waals surface area contributed by atoms with Crippen molar-refractivity contribution in [2.45, 2.75) is 66.8 Å². The average Bonchev–Trinajstić information content (AvgIpc) is 2.20. The molecular formula is C15H33NS. The predicted molar refractivity (Wildman–Crippen MR) is 83.0 cm³/mol. The van der Waals surface area contributed by atoms with Gasteiger partial charge in [-0.05, 0) is 43.9 Å². The molecule has 104 valence electrons. The Morgan fingerprint density at radius 1 is 1.12 bits per heavy atom. The van der Waals surface area contributed by atoms with Crippen LogP contribution in [0.1, 0.15) is 60.8 Å². The minimum atomic E-state index is 0.361. The molecule has 0 radical (unpaired) electrons. The second-order valence-corrected chi connectivity index (χ2v) is 6.91. The van der Waals surface area contributed by atoms with Gasteiger partial charge in [0.05, 0.1) is 0 Å². The van der Waals surface area contributed by atoms with Gasteiger partial charge in [0.1, 0.15) is 0 Å². The molecule has 0 aromatic rings. The minimum Gasteiger partial charge on any atom is -0.301 e. The molecule has 0 spiro atoms. The number of unbranched alkanes of at least 4 members (excludes halogenated alkanes) is 2. The summed E-state index contributed by atoms with van der Waals surface area (Å²) in [5, 5.41) is 0. The van der Waals surface area contributed by atoms with E-state index in [9.17, 15) is 0 Å². The molecule has 0 aromatic heterocycles. The highest BCUT2D eigenvalue weighted by molar-refractivity contribution is 7.80. The van der Waals surface area contributed by atoms with Crippen LogP contribution >= 0.6 is 12.6 Å². The first-order chi connectivity index (χ1) is 7.82. The molecule has 0 aliphatic rings. The third-order valence-electron chi connectivity index (χ3n) is 3.68. The van der Waals surface area contributed by atoms with Crippen LogP contribution < -0.4 is 0 Å². The van der Waals surface area contributed by atoms with Crippen molar-refractivity contribution in [3.63, 3.8) is 0 Å². The zero-order chi connectivity index (χ0) is 13.5. The van der Waals surface area contributed by atoms with Gasteiger partial charge in [-0.15, -0.1) is 0 Å². The van der Waals surface area contributed by atoms with Crippen molar-refractivity contribution in [2.75, 3.05) is 18.8 Å². The molecule has 17 heavy (non-hydrogen) atoms. The van der Waals surface area contributed by atoms with Crippen LogP contribution in [0.4, 0.5) is 0 Å². The van der Waals surface area contributed by atoms with Crippen molar-refractivity contribution in [1.29, 1.82) is 0 Å². The number of hydrogen-bond acceptors (Lipinski definition) is 2. The van der Waals surface area contributed by atoms with Crippen molar-refractivity contribution in [1.82, 2.24) is 4.90 Å². The van der Waals surface area contributed by atoms with Crippen molar-refractivity contribution >= 4 is 12.6 Å². The molecule has 0 N–H and O–H groups in total. The molecular weight excluding hydrogens is 226 g/mol. The van der Waals surface area contributed by atoms with E-state index in [0.29, 0.717) is 17.4 Å². The molecule has 0 aromatic carbocycles. The first-order valence-electron chi connectivity index (χ1n) is 7.17. The van der Waals surface area contributed by atoms with E-state index in [0.717, 1.165) is 5.75 Å². The highest BCUT2D eigenvalue weighted by Gasteiger charge is 2.26. The molecule has 0 heterocycles. The van der Waals surface area contributed by atoms with Crippen LogP contribution in [0.3, 0.4) is 0 Å². The molecule has 0 aliphatic carbocycles. The van der Waals surface area contributed by atoms with Crippen LogP contribution in [0, 0.1) is 11.3 Å². The Morgan fingerprint density at radius 2 is 1.71 bits per heavy atom. The first kappa shape index (κ1) is 17.3. The van der Waals surface area contributed by atoms with Crippen LogP contribution in [0.15, 0.2) is 0 Å². The number of thiol groups is 1. The minimum absolute atomic E-state index is 0.361. The Kier molecular flexibility index (Phi) is 8.57. The van der Waals surface area contributed by atoms with Crippen LogP contribution in [-0.4, -0.2) is 29.8 Å². The molecule has 2 heteroatoms. The van der Waals surface area contributed by atoms with Gasteiger partial charge in [0.15, 0.2) is 0 Å². The molecule has 0 saturated carbocycles. The van der Waals surface area contributed by atoms with Gasteiger partial charge in [-0.3, -0.25) is 0 Å². The standard InChI is InChI=1S/C15H33NS/c1-7-8-9-10-16(13(2)3)11-14(12-17)15(4,5)6/h13-14,17H,7-12H2,1-6H3. The maximum absolute atomic E-state index is 4.53. The lowest BCUT2D eigenvalue weighted by atomic mass is 9.81. The quantitative estimate of drug-likeness (QED) is 0.497. The van der Waals surface area contributed by atoms with Crippen molar-refractivity contribution in [3.05, 3.63) is 0 Å². The second-order valence-electron chi connectivity index (χ2n) is 6.54. The van der Waals surface area contributed by atoms with Gasteiger partial charge < -0.3 is 4.90 Å². The molecule has 0 saturated heterocycles. The SMILES string of the molecule is CCCCCN(CC(CS)C(C)(C)C)C(C)C. The summed E-state index contributed by atoms with van der Waals surface area (Å²) in [6.07, 6.45) is 3.99. The van der Waals surface area contributed by atoms with E-state index in [1.165, 1.54) is 32.4 Å². The summed E-state index contributed by atoms with van der Waals surface area (Å²) in [7, 11) is 0. The summed E-state index contributed by atoms with van der Waals surface area (Å²) in [5.41, 5.74) is 0.361. The normalized spacial score (nSPS) is 14.6. The smallest absolute Gasteiger partial charge is 0.00387 e. The third-order valence-corrected chi connectivity index (χ3v) is 4.12. The second kappa shape index (κ2) is 8.42. The predicted octanol–water partition coefficient (Wildman–Crippen LogP) is 4.48. The van der Waals surface area contributed by atoms with E-state index in [1.807, 2.05) is 0 Å². The zero-order valence-corrected chi connectivity index (χ0v) is 13.7. The Labute approximate surface area is 115 Å². The van der Waals surface area contributed by atoms with Crippen LogP contribution in [-0.2, 0) is 0 Å². The van der Waals surface area contributed by atoms with E-state index in [2.05, 4.69) is 59.1 Å². The van der Waals surface area contributed by atoms with Gasteiger partial charge in [-0.1, -0.05) is 40.5 Å². The lowest BCUT2D eigenvalue weighted by Gasteiger charge is -2.36. The lowest BCUT2D eigenvalue weighted by Crippen LogP contribution is -2.40. The Bertz CT molecular complexity index is 184. The van der Waals surface area contributed by atoms with Crippen molar-refractivity contribution in [2.24, 2.45) is 11.3 Å². The summed E-state index contributed by atoms with van der Waals surface area (Å²) in [4.78, 5) is 2.63. The van der Waals surface area contributed by atoms with Crippen molar-refractivity contribution in [3.8, 4) is 0 Å². The highest BCUT2D eigenvalue weighted by Crippen LogP contribution is 2.28. The summed E-state index contributed by atoms with van der Waals surface area (Å²) >= 11 is 4.53. The van der Waals surface area contributed by atoms with Gasteiger partial charge in [-0.25, -0.2) is 0 Å².